The molecule has 0 radical (unpaired) electrons. The van der Waals surface area contributed by atoms with E-state index < -0.39 is 37.3 Å². The van der Waals surface area contributed by atoms with Gasteiger partial charge in [0.1, 0.15) is 30.2 Å². The van der Waals surface area contributed by atoms with Gasteiger partial charge >= 0.3 is 0 Å². The molecule has 2 unspecified atom stereocenters. The van der Waals surface area contributed by atoms with Crippen molar-refractivity contribution in [2.75, 3.05) is 6.61 Å². The Morgan fingerprint density at radius 1 is 1.10 bits per heavy atom. The molecule has 0 amide bonds. The molecule has 20 heavy (non-hydrogen) atoms. The number of hydrogen-bond acceptors (Lipinski definition) is 6. The van der Waals surface area contributed by atoms with Gasteiger partial charge in [0.15, 0.2) is 0 Å². The lowest BCUT2D eigenvalue weighted by Gasteiger charge is -2.39. The lowest BCUT2D eigenvalue weighted by atomic mass is 9.99. The topological polar surface area (TPSA) is 99.4 Å². The van der Waals surface area contributed by atoms with Crippen LogP contribution in [0, 0.1) is 13.8 Å². The van der Waals surface area contributed by atoms with Crippen molar-refractivity contribution in [2.24, 2.45) is 0 Å². The first-order valence-electron chi connectivity index (χ1n) is 6.48. The summed E-state index contributed by atoms with van der Waals surface area (Å²) in [6, 6.07) is 5.51. The molecule has 0 aromatic heterocycles. The van der Waals surface area contributed by atoms with Gasteiger partial charge in [-0.2, -0.15) is 0 Å². The molecule has 5 atom stereocenters. The Hall–Kier alpha value is -1.18. The maximum atomic E-state index is 9.89. The maximum Gasteiger partial charge on any atom is 0.229 e. The van der Waals surface area contributed by atoms with Gasteiger partial charge in [0, 0.05) is 0 Å². The van der Waals surface area contributed by atoms with Crippen LogP contribution in [-0.4, -0.2) is 57.7 Å². The predicted octanol–water partition coefficient (Wildman–Crippen LogP) is -0.518. The fourth-order valence-corrected chi connectivity index (χ4v) is 2.22. The van der Waals surface area contributed by atoms with E-state index in [1.54, 1.807) is 6.07 Å². The Kier molecular flexibility index (Phi) is 4.62. The molecule has 1 saturated heterocycles. The molecular formula is C14H20O6. The molecular weight excluding hydrogens is 264 g/mol. The number of rotatable bonds is 3. The van der Waals surface area contributed by atoms with Gasteiger partial charge in [0.2, 0.25) is 6.29 Å². The highest BCUT2D eigenvalue weighted by Gasteiger charge is 2.44. The van der Waals surface area contributed by atoms with Gasteiger partial charge in [-0.3, -0.25) is 0 Å². The van der Waals surface area contributed by atoms with Crippen molar-refractivity contribution in [3.63, 3.8) is 0 Å². The molecule has 1 fully saturated rings. The maximum absolute atomic E-state index is 9.89. The number of ether oxygens (including phenoxy) is 2. The lowest BCUT2D eigenvalue weighted by molar-refractivity contribution is -0.277. The van der Waals surface area contributed by atoms with E-state index in [2.05, 4.69) is 0 Å². The smallest absolute Gasteiger partial charge is 0.229 e. The monoisotopic (exact) mass is 284 g/mol. The second kappa shape index (κ2) is 6.07. The van der Waals surface area contributed by atoms with Crippen LogP contribution >= 0.6 is 0 Å². The van der Waals surface area contributed by atoms with E-state index in [0.717, 1.165) is 11.1 Å². The van der Waals surface area contributed by atoms with Crippen molar-refractivity contribution in [3.8, 4) is 5.75 Å². The minimum absolute atomic E-state index is 0.475. The van der Waals surface area contributed by atoms with Crippen LogP contribution in [0.25, 0.3) is 0 Å². The lowest BCUT2D eigenvalue weighted by Crippen LogP contribution is -2.60. The summed E-state index contributed by atoms with van der Waals surface area (Å²) in [6.07, 6.45) is -6.32. The molecule has 4 N–H and O–H groups in total. The third kappa shape index (κ3) is 2.94. The van der Waals surface area contributed by atoms with Gasteiger partial charge in [-0.1, -0.05) is 17.7 Å². The molecule has 112 valence electrons. The Balaban J connectivity index is 2.15. The summed E-state index contributed by atoms with van der Waals surface area (Å²) in [5.41, 5.74) is 1.94. The minimum atomic E-state index is -1.43. The molecule has 0 spiro atoms. The van der Waals surface area contributed by atoms with Crippen LogP contribution in [-0.2, 0) is 4.74 Å². The van der Waals surface area contributed by atoms with Crippen LogP contribution in [0.4, 0.5) is 0 Å². The summed E-state index contributed by atoms with van der Waals surface area (Å²) in [4.78, 5) is 0. The van der Waals surface area contributed by atoms with Gasteiger partial charge in [-0.25, -0.2) is 0 Å². The van der Waals surface area contributed by atoms with E-state index in [1.807, 2.05) is 26.0 Å². The first kappa shape index (κ1) is 15.2. The van der Waals surface area contributed by atoms with E-state index >= 15 is 0 Å². The number of hydrogen-bond donors (Lipinski definition) is 4. The van der Waals surface area contributed by atoms with Crippen molar-refractivity contribution in [2.45, 2.75) is 44.6 Å². The Bertz CT molecular complexity index is 461. The highest BCUT2D eigenvalue weighted by molar-refractivity contribution is 5.35. The number of benzene rings is 1. The largest absolute Gasteiger partial charge is 0.462 e. The van der Waals surface area contributed by atoms with E-state index in [9.17, 15) is 15.3 Å². The average molecular weight is 284 g/mol. The summed E-state index contributed by atoms with van der Waals surface area (Å²) in [5.74, 6) is 0.514. The Labute approximate surface area is 117 Å². The molecule has 1 aliphatic heterocycles. The Morgan fingerprint density at radius 3 is 2.40 bits per heavy atom. The molecule has 2 rings (SSSR count). The highest BCUT2D eigenvalue weighted by Crippen LogP contribution is 2.26. The molecule has 1 heterocycles. The molecule has 0 bridgehead atoms. The number of aliphatic hydroxyl groups excluding tert-OH is 4. The summed E-state index contributed by atoms with van der Waals surface area (Å²) < 4.78 is 10.8. The van der Waals surface area contributed by atoms with Crippen molar-refractivity contribution in [1.29, 1.82) is 0 Å². The van der Waals surface area contributed by atoms with E-state index in [1.165, 1.54) is 0 Å². The van der Waals surface area contributed by atoms with E-state index in [0.29, 0.717) is 5.75 Å². The van der Waals surface area contributed by atoms with Crippen molar-refractivity contribution >= 4 is 0 Å². The van der Waals surface area contributed by atoms with Crippen LogP contribution < -0.4 is 4.74 Å². The first-order chi connectivity index (χ1) is 9.43. The van der Waals surface area contributed by atoms with Crippen LogP contribution in [0.15, 0.2) is 18.2 Å². The van der Waals surface area contributed by atoms with Crippen LogP contribution in [0.3, 0.4) is 0 Å². The molecule has 0 aliphatic carbocycles. The van der Waals surface area contributed by atoms with Crippen molar-refractivity contribution in [1.82, 2.24) is 0 Å². The summed E-state index contributed by atoms with van der Waals surface area (Å²) in [5, 5.41) is 38.4. The average Bonchev–Trinajstić information content (AvgIpc) is 2.42. The Morgan fingerprint density at radius 2 is 1.80 bits per heavy atom. The van der Waals surface area contributed by atoms with E-state index in [-0.39, 0.29) is 0 Å². The highest BCUT2D eigenvalue weighted by atomic mass is 16.7. The summed E-state index contributed by atoms with van der Waals surface area (Å²) in [7, 11) is 0. The minimum Gasteiger partial charge on any atom is -0.462 e. The third-order valence-electron chi connectivity index (χ3n) is 3.42. The quantitative estimate of drug-likeness (QED) is 0.596. The molecule has 6 heteroatoms. The predicted molar refractivity (Wildman–Crippen MR) is 70.3 cm³/mol. The fourth-order valence-electron chi connectivity index (χ4n) is 2.22. The number of aliphatic hydroxyl groups is 4. The van der Waals surface area contributed by atoms with E-state index in [4.69, 9.17) is 14.6 Å². The summed E-state index contributed by atoms with van der Waals surface area (Å²) in [6.45, 7) is 3.33. The van der Waals surface area contributed by atoms with Crippen molar-refractivity contribution in [3.05, 3.63) is 29.3 Å². The third-order valence-corrected chi connectivity index (χ3v) is 3.42. The fraction of sp³-hybridized carbons (Fsp3) is 0.571. The molecule has 1 aromatic carbocycles. The standard InChI is InChI=1S/C14H20O6/c1-7-3-4-9(8(2)5-7)19-14-13(18)12(17)11(16)10(6-15)20-14/h3-5,10-18H,6H2,1-2H3/t10?,11-,12+,13?,14+/m1/s1. The van der Waals surface area contributed by atoms with Gasteiger partial charge in [0.05, 0.1) is 6.61 Å². The zero-order valence-electron chi connectivity index (χ0n) is 11.4. The van der Waals surface area contributed by atoms with Gasteiger partial charge in [-0.05, 0) is 25.5 Å². The van der Waals surface area contributed by atoms with Crippen LogP contribution in [0.1, 0.15) is 11.1 Å². The second-order valence-electron chi connectivity index (χ2n) is 5.08. The SMILES string of the molecule is Cc1ccc(O[C@H]2OC(CO)[C@@H](O)[C@H](O)C2O)c(C)c1. The van der Waals surface area contributed by atoms with Crippen LogP contribution in [0.5, 0.6) is 5.75 Å². The van der Waals surface area contributed by atoms with Gasteiger partial charge < -0.3 is 29.9 Å². The second-order valence-corrected chi connectivity index (χ2v) is 5.08. The van der Waals surface area contributed by atoms with Gasteiger partial charge in [-0.15, -0.1) is 0 Å². The molecule has 1 aliphatic rings. The summed E-state index contributed by atoms with van der Waals surface area (Å²) >= 11 is 0. The normalized spacial score (nSPS) is 34.0. The van der Waals surface area contributed by atoms with Crippen molar-refractivity contribution < 1.29 is 29.9 Å². The zero-order chi connectivity index (χ0) is 14.9. The zero-order valence-corrected chi connectivity index (χ0v) is 11.4. The van der Waals surface area contributed by atoms with Crippen LogP contribution in [0.2, 0.25) is 0 Å². The van der Waals surface area contributed by atoms with Gasteiger partial charge in [0.25, 0.3) is 0 Å². The molecule has 6 nitrogen and oxygen atoms in total. The first-order valence-corrected chi connectivity index (χ1v) is 6.48. The molecule has 1 aromatic rings. The number of aryl methyl sites for hydroxylation is 2. The molecule has 0 saturated carbocycles.